The van der Waals surface area contributed by atoms with E-state index in [9.17, 15) is 0 Å². The standard InChI is InChI=1S/C18H13N2/c1-3-9-16-14(6-1)11-12-18(19-16)20-13-5-8-15-7-2-4-10-17(15)20/h1-12,17H/q+1. The van der Waals surface area contributed by atoms with Crippen LogP contribution in [-0.4, -0.2) is 16.8 Å². The molecule has 20 heavy (non-hydrogen) atoms. The van der Waals surface area contributed by atoms with Crippen molar-refractivity contribution in [2.24, 2.45) is 0 Å². The van der Waals surface area contributed by atoms with Crippen LogP contribution < -0.4 is 4.99 Å². The molecule has 2 nitrogen and oxygen atoms in total. The lowest BCUT2D eigenvalue weighted by atomic mass is 9.97. The first-order valence-corrected chi connectivity index (χ1v) is 6.71. The Hall–Kier alpha value is -2.61. The molecule has 0 aromatic heterocycles. The highest BCUT2D eigenvalue weighted by atomic mass is 15.2. The Morgan fingerprint density at radius 2 is 2.00 bits per heavy atom. The number of aliphatic imine (C=N–C) groups is 1. The van der Waals surface area contributed by atoms with Gasteiger partial charge in [-0.25, -0.2) is 4.90 Å². The number of benzene rings is 1. The molecule has 2 heterocycles. The molecule has 94 valence electrons. The zero-order valence-electron chi connectivity index (χ0n) is 10.9. The van der Waals surface area contributed by atoms with Crippen LogP contribution in [0.4, 0.5) is 5.69 Å². The summed E-state index contributed by atoms with van der Waals surface area (Å²) in [6.45, 7) is 0. The van der Waals surface area contributed by atoms with Crippen LogP contribution in [0.2, 0.25) is 0 Å². The lowest BCUT2D eigenvalue weighted by molar-refractivity contribution is 0.494. The third kappa shape index (κ3) is 1.77. The second kappa shape index (κ2) is 4.49. The summed E-state index contributed by atoms with van der Waals surface area (Å²) in [7, 11) is 0. The highest BCUT2D eigenvalue weighted by molar-refractivity contribution is 6.01. The quantitative estimate of drug-likeness (QED) is 0.698. The van der Waals surface area contributed by atoms with Crippen molar-refractivity contribution < 1.29 is 0 Å². The van der Waals surface area contributed by atoms with Crippen molar-refractivity contribution >= 4 is 17.6 Å². The SMILES string of the molecule is [C]1=CC=C2C=CC=CC2N1C1=[N+]c2ccccc2C=C1. The number of para-hydroxylation sites is 1. The summed E-state index contributed by atoms with van der Waals surface area (Å²) in [4.78, 5) is 6.83. The van der Waals surface area contributed by atoms with E-state index < -0.39 is 0 Å². The molecule has 0 bridgehead atoms. The van der Waals surface area contributed by atoms with Gasteiger partial charge in [0.15, 0.2) is 11.9 Å². The summed E-state index contributed by atoms with van der Waals surface area (Å²) in [6.07, 6.45) is 19.9. The molecule has 2 aliphatic heterocycles. The summed E-state index contributed by atoms with van der Waals surface area (Å²) in [6, 6.07) is 8.37. The highest BCUT2D eigenvalue weighted by Gasteiger charge is 2.32. The molecule has 2 radical (unpaired) electrons. The fourth-order valence-electron chi connectivity index (χ4n) is 2.63. The zero-order chi connectivity index (χ0) is 13.4. The van der Waals surface area contributed by atoms with E-state index in [4.69, 9.17) is 4.99 Å². The summed E-state index contributed by atoms with van der Waals surface area (Å²) in [5.41, 5.74) is 3.44. The van der Waals surface area contributed by atoms with Crippen molar-refractivity contribution in [3.05, 3.63) is 84.1 Å². The van der Waals surface area contributed by atoms with E-state index in [2.05, 4.69) is 59.7 Å². The number of nitrogens with zero attached hydrogens (tertiary/aromatic N) is 2. The van der Waals surface area contributed by atoms with Gasteiger partial charge in [0.05, 0.1) is 0 Å². The van der Waals surface area contributed by atoms with E-state index in [1.165, 1.54) is 5.57 Å². The molecule has 2 heteroatoms. The average molecular weight is 257 g/mol. The Labute approximate surface area is 118 Å². The van der Waals surface area contributed by atoms with Crippen LogP contribution in [0.1, 0.15) is 5.56 Å². The molecule has 4 rings (SSSR count). The first-order chi connectivity index (χ1) is 9.92. The summed E-state index contributed by atoms with van der Waals surface area (Å²) < 4.78 is 0. The molecular formula is C18H13N2+. The van der Waals surface area contributed by atoms with Gasteiger partial charge in [-0.3, -0.25) is 0 Å². The van der Waals surface area contributed by atoms with Crippen LogP contribution in [0.3, 0.4) is 0 Å². The number of allylic oxidation sites excluding steroid dienone is 4. The molecule has 0 saturated heterocycles. The number of fused-ring (bicyclic) bond motifs is 2. The first kappa shape index (κ1) is 11.2. The monoisotopic (exact) mass is 257 g/mol. The Morgan fingerprint density at radius 1 is 1.05 bits per heavy atom. The van der Waals surface area contributed by atoms with E-state index in [1.54, 1.807) is 0 Å². The highest BCUT2D eigenvalue weighted by Crippen LogP contribution is 2.25. The van der Waals surface area contributed by atoms with Gasteiger partial charge in [-0.2, -0.15) is 0 Å². The van der Waals surface area contributed by atoms with Crippen molar-refractivity contribution in [3.63, 3.8) is 0 Å². The molecule has 1 aliphatic carbocycles. The predicted molar refractivity (Wildman–Crippen MR) is 82.1 cm³/mol. The predicted octanol–water partition coefficient (Wildman–Crippen LogP) is 3.13. The van der Waals surface area contributed by atoms with Crippen LogP contribution in [-0.2, 0) is 0 Å². The van der Waals surface area contributed by atoms with Gasteiger partial charge in [-0.15, -0.1) is 0 Å². The van der Waals surface area contributed by atoms with E-state index in [1.807, 2.05) is 24.3 Å². The number of rotatable bonds is 0. The minimum Gasteiger partial charge on any atom is -0.209 e. The van der Waals surface area contributed by atoms with E-state index >= 15 is 0 Å². The van der Waals surface area contributed by atoms with Crippen LogP contribution in [0.5, 0.6) is 0 Å². The Kier molecular flexibility index (Phi) is 2.52. The van der Waals surface area contributed by atoms with Gasteiger partial charge < -0.3 is 0 Å². The minimum atomic E-state index is 0.193. The molecule has 1 atom stereocenters. The first-order valence-electron chi connectivity index (χ1n) is 6.71. The summed E-state index contributed by atoms with van der Waals surface area (Å²) in [5.74, 6) is 0.926. The van der Waals surface area contributed by atoms with Gasteiger partial charge in [0, 0.05) is 17.2 Å². The minimum absolute atomic E-state index is 0.193. The van der Waals surface area contributed by atoms with Crippen molar-refractivity contribution in [1.82, 2.24) is 9.89 Å². The second-order valence-electron chi connectivity index (χ2n) is 4.88. The third-order valence-electron chi connectivity index (χ3n) is 3.63. The molecule has 0 spiro atoms. The molecule has 0 N–H and O–H groups in total. The molecule has 0 fully saturated rings. The molecule has 3 aliphatic rings. The maximum atomic E-state index is 4.75. The van der Waals surface area contributed by atoms with Crippen LogP contribution in [0, 0.1) is 6.20 Å². The Balaban J connectivity index is 1.73. The third-order valence-corrected chi connectivity index (χ3v) is 3.63. The summed E-state index contributed by atoms with van der Waals surface area (Å²) in [5, 5.41) is 0. The van der Waals surface area contributed by atoms with Gasteiger partial charge in [0.2, 0.25) is 0 Å². The van der Waals surface area contributed by atoms with E-state index in [-0.39, 0.29) is 6.04 Å². The smallest absolute Gasteiger partial charge is 0.209 e. The molecular weight excluding hydrogens is 244 g/mol. The molecule has 1 aromatic rings. The zero-order valence-corrected chi connectivity index (χ0v) is 10.9. The number of hydrogen-bond donors (Lipinski definition) is 0. The average Bonchev–Trinajstić information content (AvgIpc) is 2.54. The molecule has 0 saturated carbocycles. The lowest BCUT2D eigenvalue weighted by Gasteiger charge is -2.25. The maximum Gasteiger partial charge on any atom is 0.325 e. The lowest BCUT2D eigenvalue weighted by Crippen LogP contribution is -2.39. The summed E-state index contributed by atoms with van der Waals surface area (Å²) >= 11 is 0. The van der Waals surface area contributed by atoms with E-state index in [0.29, 0.717) is 0 Å². The molecule has 1 unspecified atom stereocenters. The topological polar surface area (TPSA) is 17.3 Å². The van der Waals surface area contributed by atoms with Crippen LogP contribution in [0.25, 0.3) is 6.08 Å². The van der Waals surface area contributed by atoms with Gasteiger partial charge in [0.1, 0.15) is 6.04 Å². The van der Waals surface area contributed by atoms with Gasteiger partial charge in [-0.1, -0.05) is 42.5 Å². The number of hydrogen-bond acceptors (Lipinski definition) is 2. The van der Waals surface area contributed by atoms with E-state index in [0.717, 1.165) is 17.1 Å². The molecule has 0 amide bonds. The second-order valence-corrected chi connectivity index (χ2v) is 4.88. The van der Waals surface area contributed by atoms with Crippen molar-refractivity contribution in [2.45, 2.75) is 6.04 Å². The largest absolute Gasteiger partial charge is 0.325 e. The fourth-order valence-corrected chi connectivity index (χ4v) is 2.63. The fraction of sp³-hybridized carbons (Fsp3) is 0.0556. The Bertz CT molecular complexity index is 730. The van der Waals surface area contributed by atoms with Gasteiger partial charge in [-0.05, 0) is 29.3 Å². The van der Waals surface area contributed by atoms with Crippen molar-refractivity contribution in [2.75, 3.05) is 0 Å². The van der Waals surface area contributed by atoms with Crippen LogP contribution in [0.15, 0.2) is 72.4 Å². The Morgan fingerprint density at radius 3 is 3.00 bits per heavy atom. The van der Waals surface area contributed by atoms with Crippen LogP contribution >= 0.6 is 0 Å². The van der Waals surface area contributed by atoms with Crippen molar-refractivity contribution in [3.8, 4) is 0 Å². The van der Waals surface area contributed by atoms with Gasteiger partial charge in [0.25, 0.3) is 0 Å². The van der Waals surface area contributed by atoms with Crippen molar-refractivity contribution in [1.29, 1.82) is 0 Å². The van der Waals surface area contributed by atoms with Gasteiger partial charge >= 0.3 is 5.84 Å². The number of amidine groups is 1. The normalized spacial score (nSPS) is 22.2. The molecule has 1 aromatic carbocycles. The maximum absolute atomic E-state index is 4.75.